The lowest BCUT2D eigenvalue weighted by Crippen LogP contribution is -2.62. The molecule has 9 heteroatoms. The number of aromatic nitrogens is 4. The van der Waals surface area contributed by atoms with Gasteiger partial charge in [-0.1, -0.05) is 12.5 Å². The molecule has 5 heterocycles. The van der Waals surface area contributed by atoms with Gasteiger partial charge in [-0.2, -0.15) is 10.2 Å². The van der Waals surface area contributed by atoms with Crippen LogP contribution < -0.4 is 15.1 Å². The molecule has 2 bridgehead atoms. The van der Waals surface area contributed by atoms with Crippen LogP contribution in [0.2, 0.25) is 0 Å². The molecule has 0 unspecified atom stereocenters. The highest BCUT2D eigenvalue weighted by Crippen LogP contribution is 2.40. The fraction of sp³-hybridized carbons (Fsp3) is 0.462. The van der Waals surface area contributed by atoms with E-state index < -0.39 is 6.17 Å². The Hall–Kier alpha value is -3.33. The Labute approximate surface area is 204 Å². The van der Waals surface area contributed by atoms with Gasteiger partial charge in [-0.05, 0) is 56.0 Å². The van der Waals surface area contributed by atoms with Gasteiger partial charge in [-0.25, -0.2) is 4.39 Å². The maximum atomic E-state index is 15.6. The highest BCUT2D eigenvalue weighted by molar-refractivity contribution is 5.78. The van der Waals surface area contributed by atoms with Crippen LogP contribution in [0, 0.1) is 0 Å². The summed E-state index contributed by atoms with van der Waals surface area (Å²) in [6.45, 7) is 1.61. The van der Waals surface area contributed by atoms with Crippen molar-refractivity contribution in [3.8, 4) is 28.3 Å². The van der Waals surface area contributed by atoms with Gasteiger partial charge in [0.2, 0.25) is 0 Å². The molecule has 3 aliphatic rings. The molecule has 0 radical (unpaired) electrons. The van der Waals surface area contributed by atoms with Crippen molar-refractivity contribution >= 4 is 11.5 Å². The molecule has 4 atom stereocenters. The topological polar surface area (TPSA) is 90.3 Å². The fourth-order valence-electron chi connectivity index (χ4n) is 5.86. The van der Waals surface area contributed by atoms with Crippen molar-refractivity contribution in [1.29, 1.82) is 0 Å². The lowest BCUT2D eigenvalue weighted by atomic mass is 9.82. The van der Waals surface area contributed by atoms with Gasteiger partial charge in [-0.3, -0.25) is 0 Å². The molecule has 35 heavy (non-hydrogen) atoms. The van der Waals surface area contributed by atoms with Crippen LogP contribution in [0.1, 0.15) is 32.1 Å². The van der Waals surface area contributed by atoms with Crippen molar-refractivity contribution in [2.24, 2.45) is 0 Å². The van der Waals surface area contributed by atoms with E-state index in [1.165, 1.54) is 0 Å². The molecular weight excluding hydrogens is 445 g/mol. The molecule has 2 saturated heterocycles. The number of halogens is 1. The SMILES string of the molecule is CN1CCCN([C@@H]2C[C@H]3CCC[C@H](N3)[C@@H]2F)c2nnc(-c3ccc(-c4cccnn4)cc3O)cc21. The number of nitrogens with zero attached hydrogens (tertiary/aromatic N) is 6. The number of phenolic OH excluding ortho intramolecular Hbond substituents is 1. The number of hydrogen-bond acceptors (Lipinski definition) is 8. The van der Waals surface area contributed by atoms with Crippen LogP contribution in [0.5, 0.6) is 5.75 Å². The number of rotatable bonds is 3. The molecule has 2 aromatic heterocycles. The molecule has 182 valence electrons. The van der Waals surface area contributed by atoms with Crippen molar-refractivity contribution in [2.45, 2.75) is 56.4 Å². The molecule has 1 aromatic carbocycles. The van der Waals surface area contributed by atoms with Gasteiger partial charge in [0.15, 0.2) is 5.82 Å². The molecule has 2 N–H and O–H groups in total. The predicted octanol–water partition coefficient (Wildman–Crippen LogP) is 3.57. The second-order valence-electron chi connectivity index (χ2n) is 9.90. The summed E-state index contributed by atoms with van der Waals surface area (Å²) in [6, 6.07) is 11.1. The second-order valence-corrected chi connectivity index (χ2v) is 9.90. The largest absolute Gasteiger partial charge is 0.507 e. The van der Waals surface area contributed by atoms with Crippen LogP contribution in [0.3, 0.4) is 0 Å². The summed E-state index contributed by atoms with van der Waals surface area (Å²) in [5.41, 5.74) is 3.55. The molecule has 2 fully saturated rings. The Balaban J connectivity index is 1.35. The van der Waals surface area contributed by atoms with Crippen molar-refractivity contribution in [2.75, 3.05) is 29.9 Å². The van der Waals surface area contributed by atoms with E-state index in [9.17, 15) is 5.11 Å². The number of fused-ring (bicyclic) bond motifs is 3. The van der Waals surface area contributed by atoms with Gasteiger partial charge in [-0.15, -0.1) is 10.2 Å². The average molecular weight is 476 g/mol. The van der Waals surface area contributed by atoms with Crippen molar-refractivity contribution in [1.82, 2.24) is 25.7 Å². The van der Waals surface area contributed by atoms with Gasteiger partial charge < -0.3 is 20.2 Å². The lowest BCUT2D eigenvalue weighted by molar-refractivity contribution is 0.104. The summed E-state index contributed by atoms with van der Waals surface area (Å²) in [4.78, 5) is 4.32. The lowest BCUT2D eigenvalue weighted by Gasteiger charge is -2.47. The third-order valence-electron chi connectivity index (χ3n) is 7.67. The van der Waals surface area contributed by atoms with E-state index in [1.54, 1.807) is 12.3 Å². The van der Waals surface area contributed by atoms with Crippen LogP contribution in [-0.2, 0) is 0 Å². The van der Waals surface area contributed by atoms with Gasteiger partial charge in [0.25, 0.3) is 0 Å². The predicted molar refractivity (Wildman–Crippen MR) is 133 cm³/mol. The number of nitrogens with one attached hydrogen (secondary N) is 1. The molecule has 8 nitrogen and oxygen atoms in total. The smallest absolute Gasteiger partial charge is 0.175 e. The zero-order valence-corrected chi connectivity index (χ0v) is 19.8. The third kappa shape index (κ3) is 4.07. The van der Waals surface area contributed by atoms with E-state index in [0.29, 0.717) is 23.0 Å². The second kappa shape index (κ2) is 9.03. The number of piperidine rings is 2. The first-order valence-electron chi connectivity index (χ1n) is 12.5. The Morgan fingerprint density at radius 2 is 1.94 bits per heavy atom. The zero-order chi connectivity index (χ0) is 23.9. The fourth-order valence-corrected chi connectivity index (χ4v) is 5.86. The number of benzene rings is 1. The Bertz CT molecular complexity index is 1210. The van der Waals surface area contributed by atoms with Gasteiger partial charge in [0, 0.05) is 49.5 Å². The molecule has 0 spiro atoms. The van der Waals surface area contributed by atoms with E-state index in [0.717, 1.165) is 62.3 Å². The van der Waals surface area contributed by atoms with Crippen LogP contribution in [0.25, 0.3) is 22.5 Å². The number of anilines is 2. The van der Waals surface area contributed by atoms with Gasteiger partial charge in [0.1, 0.15) is 11.9 Å². The molecule has 0 aliphatic carbocycles. The van der Waals surface area contributed by atoms with Crippen molar-refractivity contribution < 1.29 is 9.50 Å². The number of alkyl halides is 1. The van der Waals surface area contributed by atoms with E-state index >= 15 is 4.39 Å². The maximum absolute atomic E-state index is 15.6. The number of phenols is 1. The Morgan fingerprint density at radius 1 is 1.03 bits per heavy atom. The third-order valence-corrected chi connectivity index (χ3v) is 7.67. The zero-order valence-electron chi connectivity index (χ0n) is 19.8. The number of hydrogen-bond donors (Lipinski definition) is 2. The van der Waals surface area contributed by atoms with E-state index in [2.05, 4.69) is 35.5 Å². The summed E-state index contributed by atoms with van der Waals surface area (Å²) in [5, 5.41) is 31.5. The molecule has 3 aromatic rings. The van der Waals surface area contributed by atoms with E-state index in [1.807, 2.05) is 37.4 Å². The Morgan fingerprint density at radius 3 is 2.77 bits per heavy atom. The average Bonchev–Trinajstić information content (AvgIpc) is 3.05. The molecule has 0 saturated carbocycles. The first-order valence-corrected chi connectivity index (χ1v) is 12.5. The summed E-state index contributed by atoms with van der Waals surface area (Å²) in [6.07, 6.45) is 5.49. The normalized spacial score (nSPS) is 26.2. The summed E-state index contributed by atoms with van der Waals surface area (Å²) in [5.74, 6) is 0.836. The minimum atomic E-state index is -0.929. The summed E-state index contributed by atoms with van der Waals surface area (Å²) < 4.78 is 15.6. The Kier molecular flexibility index (Phi) is 5.72. The molecule has 0 amide bonds. The summed E-state index contributed by atoms with van der Waals surface area (Å²) in [7, 11) is 2.04. The van der Waals surface area contributed by atoms with Gasteiger partial charge in [0.05, 0.1) is 23.1 Å². The molecule has 3 aliphatic heterocycles. The number of aromatic hydroxyl groups is 1. The van der Waals surface area contributed by atoms with E-state index in [-0.39, 0.29) is 17.8 Å². The first kappa shape index (κ1) is 22.2. The summed E-state index contributed by atoms with van der Waals surface area (Å²) >= 11 is 0. The van der Waals surface area contributed by atoms with Crippen LogP contribution >= 0.6 is 0 Å². The standard InChI is InChI=1S/C26H30FN7O/c1-33-11-4-12-34(22-14-17-5-2-6-20(29-17)25(22)27)26-23(33)15-21(31-32-26)18-9-8-16(13-24(18)35)19-7-3-10-28-30-19/h3,7-10,13,15,17,20,22,25,29,35H,2,4-6,11-12,14H2,1H3/t17-,20+,22-,25+/m1/s1. The van der Waals surface area contributed by atoms with Crippen LogP contribution in [0.15, 0.2) is 42.6 Å². The monoisotopic (exact) mass is 475 g/mol. The van der Waals surface area contributed by atoms with Crippen LogP contribution in [-0.4, -0.2) is 69.9 Å². The van der Waals surface area contributed by atoms with Crippen molar-refractivity contribution in [3.63, 3.8) is 0 Å². The molecule has 6 rings (SSSR count). The first-order chi connectivity index (χ1) is 17.1. The minimum absolute atomic E-state index is 0.0751. The minimum Gasteiger partial charge on any atom is -0.507 e. The van der Waals surface area contributed by atoms with E-state index in [4.69, 9.17) is 0 Å². The van der Waals surface area contributed by atoms with Crippen LogP contribution in [0.4, 0.5) is 15.9 Å². The maximum Gasteiger partial charge on any atom is 0.175 e. The quantitative estimate of drug-likeness (QED) is 0.594. The van der Waals surface area contributed by atoms with Crippen molar-refractivity contribution in [3.05, 3.63) is 42.6 Å². The highest BCUT2D eigenvalue weighted by atomic mass is 19.1. The highest BCUT2D eigenvalue weighted by Gasteiger charge is 2.43. The molecular formula is C26H30FN7O. The van der Waals surface area contributed by atoms with Gasteiger partial charge >= 0.3 is 0 Å².